The standard InChI is InChI=1S/C10H19O5P/c1-4-7-8(5-2)9(6-3)10(11)15-16(12,13)14/h4-7H2,1-3H3,(H2,12,13,14). The van der Waals surface area contributed by atoms with E-state index in [-0.39, 0.29) is 0 Å². The van der Waals surface area contributed by atoms with Crippen molar-refractivity contribution in [3.05, 3.63) is 11.1 Å². The maximum absolute atomic E-state index is 11.5. The van der Waals surface area contributed by atoms with Gasteiger partial charge in [0.25, 0.3) is 0 Å². The highest BCUT2D eigenvalue weighted by Gasteiger charge is 2.23. The molecule has 0 aromatic carbocycles. The minimum atomic E-state index is -4.74. The summed E-state index contributed by atoms with van der Waals surface area (Å²) in [6, 6.07) is 0. The second-order valence-corrected chi connectivity index (χ2v) is 4.57. The molecule has 0 saturated heterocycles. The fourth-order valence-corrected chi connectivity index (χ4v) is 1.87. The highest BCUT2D eigenvalue weighted by molar-refractivity contribution is 7.46. The van der Waals surface area contributed by atoms with E-state index in [0.717, 1.165) is 18.4 Å². The number of carbonyl (C=O) groups is 1. The number of allylic oxidation sites excluding steroid dienone is 1. The van der Waals surface area contributed by atoms with Crippen molar-refractivity contribution in [3.63, 3.8) is 0 Å². The SMILES string of the molecule is CCCC(CC)=C(CC)C(=O)OP(=O)(O)O. The molecule has 0 aromatic heterocycles. The molecule has 0 saturated carbocycles. The molecule has 5 nitrogen and oxygen atoms in total. The summed E-state index contributed by atoms with van der Waals surface area (Å²) in [6.07, 6.45) is 2.74. The Bertz CT molecular complexity index is 315. The molecular formula is C10H19O5P. The fourth-order valence-electron chi connectivity index (χ4n) is 1.54. The number of hydrogen-bond acceptors (Lipinski definition) is 3. The van der Waals surface area contributed by atoms with Gasteiger partial charge < -0.3 is 4.52 Å². The fraction of sp³-hybridized carbons (Fsp3) is 0.700. The van der Waals surface area contributed by atoms with Gasteiger partial charge in [-0.1, -0.05) is 32.8 Å². The van der Waals surface area contributed by atoms with Crippen LogP contribution in [0.3, 0.4) is 0 Å². The summed E-state index contributed by atoms with van der Waals surface area (Å²) in [4.78, 5) is 28.6. The molecule has 0 amide bonds. The van der Waals surface area contributed by atoms with Crippen molar-refractivity contribution >= 4 is 13.8 Å². The molecule has 0 radical (unpaired) electrons. The van der Waals surface area contributed by atoms with E-state index in [2.05, 4.69) is 4.52 Å². The summed E-state index contributed by atoms with van der Waals surface area (Å²) >= 11 is 0. The Balaban J connectivity index is 4.95. The Morgan fingerprint density at radius 3 is 2.06 bits per heavy atom. The number of phosphoric acid groups is 1. The topological polar surface area (TPSA) is 83.8 Å². The van der Waals surface area contributed by atoms with Gasteiger partial charge in [-0.25, -0.2) is 9.36 Å². The molecule has 0 rings (SSSR count). The average molecular weight is 250 g/mol. The predicted octanol–water partition coefficient (Wildman–Crippen LogP) is 2.54. The van der Waals surface area contributed by atoms with Crippen LogP contribution in [-0.2, 0) is 13.9 Å². The minimum Gasteiger partial charge on any atom is -0.367 e. The van der Waals surface area contributed by atoms with E-state index in [1.807, 2.05) is 13.8 Å². The van der Waals surface area contributed by atoms with Crippen molar-refractivity contribution in [2.45, 2.75) is 46.5 Å². The van der Waals surface area contributed by atoms with Gasteiger partial charge in [0.2, 0.25) is 0 Å². The van der Waals surface area contributed by atoms with Crippen molar-refractivity contribution in [2.75, 3.05) is 0 Å². The minimum absolute atomic E-state index is 0.382. The zero-order valence-electron chi connectivity index (χ0n) is 9.89. The van der Waals surface area contributed by atoms with Gasteiger partial charge in [-0.15, -0.1) is 0 Å². The van der Waals surface area contributed by atoms with Crippen LogP contribution < -0.4 is 0 Å². The Kier molecular flexibility index (Phi) is 6.56. The van der Waals surface area contributed by atoms with Crippen LogP contribution in [0.15, 0.2) is 11.1 Å². The molecule has 0 aliphatic heterocycles. The van der Waals surface area contributed by atoms with E-state index in [9.17, 15) is 9.36 Å². The van der Waals surface area contributed by atoms with Crippen LogP contribution in [0, 0.1) is 0 Å². The van der Waals surface area contributed by atoms with Crippen LogP contribution in [-0.4, -0.2) is 15.8 Å². The van der Waals surface area contributed by atoms with Crippen LogP contribution in [0.2, 0.25) is 0 Å². The van der Waals surface area contributed by atoms with Crippen LogP contribution in [0.1, 0.15) is 46.5 Å². The summed E-state index contributed by atoms with van der Waals surface area (Å²) in [5.74, 6) is -0.902. The van der Waals surface area contributed by atoms with Gasteiger partial charge in [0.05, 0.1) is 0 Å². The van der Waals surface area contributed by atoms with E-state index >= 15 is 0 Å². The Morgan fingerprint density at radius 2 is 1.75 bits per heavy atom. The molecule has 0 aliphatic rings. The third-order valence-corrected chi connectivity index (χ3v) is 2.61. The first-order valence-electron chi connectivity index (χ1n) is 5.36. The predicted molar refractivity (Wildman–Crippen MR) is 60.7 cm³/mol. The highest BCUT2D eigenvalue weighted by Crippen LogP contribution is 2.37. The second kappa shape index (κ2) is 6.84. The molecule has 0 bridgehead atoms. The number of hydrogen-bond donors (Lipinski definition) is 2. The Hall–Kier alpha value is -0.640. The van der Waals surface area contributed by atoms with Crippen LogP contribution in [0.4, 0.5) is 0 Å². The van der Waals surface area contributed by atoms with Crippen molar-refractivity contribution in [1.29, 1.82) is 0 Å². The molecule has 94 valence electrons. The first-order valence-corrected chi connectivity index (χ1v) is 6.89. The molecular weight excluding hydrogens is 231 g/mol. The molecule has 0 aliphatic carbocycles. The Morgan fingerprint density at radius 1 is 1.19 bits per heavy atom. The molecule has 2 N–H and O–H groups in total. The molecule has 0 unspecified atom stereocenters. The maximum atomic E-state index is 11.5. The molecule has 0 atom stereocenters. The third-order valence-electron chi connectivity index (χ3n) is 2.21. The van der Waals surface area contributed by atoms with Crippen molar-refractivity contribution in [2.24, 2.45) is 0 Å². The Labute approximate surface area is 95.7 Å². The van der Waals surface area contributed by atoms with Crippen LogP contribution in [0.25, 0.3) is 0 Å². The summed E-state index contributed by atoms with van der Waals surface area (Å²) in [5, 5.41) is 0. The zero-order valence-corrected chi connectivity index (χ0v) is 10.8. The lowest BCUT2D eigenvalue weighted by molar-refractivity contribution is -0.131. The highest BCUT2D eigenvalue weighted by atomic mass is 31.2. The first-order chi connectivity index (χ1) is 7.35. The molecule has 0 spiro atoms. The molecule has 6 heteroatoms. The number of phosphoric ester groups is 1. The van der Waals surface area contributed by atoms with Gasteiger partial charge >= 0.3 is 13.8 Å². The zero-order chi connectivity index (χ0) is 12.8. The van der Waals surface area contributed by atoms with Crippen LogP contribution >= 0.6 is 7.82 Å². The summed E-state index contributed by atoms with van der Waals surface area (Å²) < 4.78 is 14.6. The van der Waals surface area contributed by atoms with Crippen LogP contribution in [0.5, 0.6) is 0 Å². The van der Waals surface area contributed by atoms with Crippen molar-refractivity contribution in [1.82, 2.24) is 0 Å². The average Bonchev–Trinajstić information content (AvgIpc) is 2.14. The quantitative estimate of drug-likeness (QED) is 0.559. The van der Waals surface area contributed by atoms with E-state index in [4.69, 9.17) is 9.79 Å². The second-order valence-electron chi connectivity index (χ2n) is 3.41. The summed E-state index contributed by atoms with van der Waals surface area (Å²) in [6.45, 7) is 5.66. The largest absolute Gasteiger partial charge is 0.527 e. The summed E-state index contributed by atoms with van der Waals surface area (Å²) in [7, 11) is -4.74. The van der Waals surface area contributed by atoms with Gasteiger partial charge in [0.1, 0.15) is 0 Å². The van der Waals surface area contributed by atoms with Gasteiger partial charge in [-0.05, 0) is 19.3 Å². The number of carbonyl (C=O) groups excluding carboxylic acids is 1. The third kappa shape index (κ3) is 5.45. The first kappa shape index (κ1) is 15.4. The van der Waals surface area contributed by atoms with Gasteiger partial charge in [0, 0.05) is 5.57 Å². The van der Waals surface area contributed by atoms with Crippen molar-refractivity contribution < 1.29 is 23.7 Å². The normalized spacial score (nSPS) is 13.3. The monoisotopic (exact) mass is 250 g/mol. The molecule has 0 fully saturated rings. The lowest BCUT2D eigenvalue weighted by atomic mass is 9.99. The van der Waals surface area contributed by atoms with Gasteiger partial charge in [-0.2, -0.15) is 0 Å². The lowest BCUT2D eigenvalue weighted by Crippen LogP contribution is -2.08. The van der Waals surface area contributed by atoms with Crippen molar-refractivity contribution in [3.8, 4) is 0 Å². The number of rotatable bonds is 6. The van der Waals surface area contributed by atoms with E-state index in [1.165, 1.54) is 0 Å². The maximum Gasteiger partial charge on any atom is 0.527 e. The van der Waals surface area contributed by atoms with E-state index in [1.54, 1.807) is 6.92 Å². The molecule has 16 heavy (non-hydrogen) atoms. The smallest absolute Gasteiger partial charge is 0.367 e. The molecule has 0 heterocycles. The van der Waals surface area contributed by atoms with E-state index < -0.39 is 13.8 Å². The summed E-state index contributed by atoms with van der Waals surface area (Å²) in [5.41, 5.74) is 1.29. The van der Waals surface area contributed by atoms with E-state index in [0.29, 0.717) is 18.4 Å². The molecule has 0 aromatic rings. The van der Waals surface area contributed by atoms with Gasteiger partial charge in [-0.3, -0.25) is 9.79 Å². The van der Waals surface area contributed by atoms with Gasteiger partial charge in [0.15, 0.2) is 0 Å². The lowest BCUT2D eigenvalue weighted by Gasteiger charge is -2.12.